The van der Waals surface area contributed by atoms with Crippen LogP contribution in [-0.4, -0.2) is 32.1 Å². The SMILES string of the molecule is C/C(=C\C(=O)c1ccccc1)Nc1ccc(N2CCOCC2)cc1. The predicted octanol–water partition coefficient (Wildman–Crippen LogP) is 3.72. The summed E-state index contributed by atoms with van der Waals surface area (Å²) in [6, 6.07) is 17.6. The Morgan fingerprint density at radius 3 is 2.38 bits per heavy atom. The fourth-order valence-electron chi connectivity index (χ4n) is 2.72. The largest absolute Gasteiger partial charge is 0.378 e. The van der Waals surface area contributed by atoms with Crippen LogP contribution in [0.3, 0.4) is 0 Å². The fourth-order valence-corrected chi connectivity index (χ4v) is 2.72. The van der Waals surface area contributed by atoms with Crippen molar-refractivity contribution in [2.45, 2.75) is 6.92 Å². The molecule has 2 aromatic carbocycles. The number of ether oxygens (including phenoxy) is 1. The molecular weight excluding hydrogens is 300 g/mol. The number of carbonyl (C=O) groups excluding carboxylic acids is 1. The van der Waals surface area contributed by atoms with E-state index < -0.39 is 0 Å². The third-order valence-electron chi connectivity index (χ3n) is 3.99. The van der Waals surface area contributed by atoms with Crippen LogP contribution in [0.5, 0.6) is 0 Å². The molecule has 0 unspecified atom stereocenters. The highest BCUT2D eigenvalue weighted by Gasteiger charge is 2.10. The van der Waals surface area contributed by atoms with Crippen LogP contribution < -0.4 is 10.2 Å². The Morgan fingerprint density at radius 2 is 1.71 bits per heavy atom. The van der Waals surface area contributed by atoms with Crippen molar-refractivity contribution >= 4 is 17.2 Å². The molecule has 124 valence electrons. The molecule has 0 aromatic heterocycles. The lowest BCUT2D eigenvalue weighted by atomic mass is 10.1. The number of nitrogens with zero attached hydrogens (tertiary/aromatic N) is 1. The number of benzene rings is 2. The highest BCUT2D eigenvalue weighted by Crippen LogP contribution is 2.20. The number of hydrogen-bond acceptors (Lipinski definition) is 4. The van der Waals surface area contributed by atoms with Crippen molar-refractivity contribution < 1.29 is 9.53 Å². The zero-order valence-corrected chi connectivity index (χ0v) is 13.9. The molecule has 0 amide bonds. The second-order valence-corrected chi connectivity index (χ2v) is 5.83. The van der Waals surface area contributed by atoms with Crippen molar-refractivity contribution in [1.82, 2.24) is 0 Å². The third kappa shape index (κ3) is 4.24. The number of morpholine rings is 1. The molecule has 1 aliphatic heterocycles. The molecule has 1 heterocycles. The summed E-state index contributed by atoms with van der Waals surface area (Å²) in [5.41, 5.74) is 3.69. The molecule has 0 aliphatic carbocycles. The molecule has 4 heteroatoms. The molecule has 0 saturated carbocycles. The van der Waals surface area contributed by atoms with Crippen molar-refractivity contribution in [3.05, 3.63) is 71.9 Å². The lowest BCUT2D eigenvalue weighted by molar-refractivity contribution is 0.104. The van der Waals surface area contributed by atoms with Gasteiger partial charge in [0.1, 0.15) is 0 Å². The van der Waals surface area contributed by atoms with E-state index in [-0.39, 0.29) is 5.78 Å². The fraction of sp³-hybridized carbons (Fsp3) is 0.250. The summed E-state index contributed by atoms with van der Waals surface area (Å²) in [6.45, 7) is 5.32. The van der Waals surface area contributed by atoms with Crippen molar-refractivity contribution in [2.24, 2.45) is 0 Å². The van der Waals surface area contributed by atoms with Crippen LogP contribution in [0.2, 0.25) is 0 Å². The minimum Gasteiger partial charge on any atom is -0.378 e. The first-order valence-corrected chi connectivity index (χ1v) is 8.20. The maximum absolute atomic E-state index is 12.2. The lowest BCUT2D eigenvalue weighted by Gasteiger charge is -2.29. The van der Waals surface area contributed by atoms with E-state index in [4.69, 9.17) is 4.74 Å². The van der Waals surface area contributed by atoms with Gasteiger partial charge in [-0.2, -0.15) is 0 Å². The Bertz CT molecular complexity index is 702. The van der Waals surface area contributed by atoms with Gasteiger partial charge in [-0.1, -0.05) is 30.3 Å². The minimum atomic E-state index is 0.00513. The van der Waals surface area contributed by atoms with Gasteiger partial charge in [-0.3, -0.25) is 4.79 Å². The average molecular weight is 322 g/mol. The minimum absolute atomic E-state index is 0.00513. The quantitative estimate of drug-likeness (QED) is 0.673. The zero-order chi connectivity index (χ0) is 16.8. The first kappa shape index (κ1) is 16.3. The molecule has 2 aromatic rings. The van der Waals surface area contributed by atoms with E-state index in [0.29, 0.717) is 5.56 Å². The number of carbonyl (C=O) groups is 1. The molecule has 0 spiro atoms. The summed E-state index contributed by atoms with van der Waals surface area (Å²) in [6.07, 6.45) is 1.63. The molecule has 1 saturated heterocycles. The number of anilines is 2. The summed E-state index contributed by atoms with van der Waals surface area (Å²) >= 11 is 0. The van der Waals surface area contributed by atoms with Gasteiger partial charge in [-0.25, -0.2) is 0 Å². The van der Waals surface area contributed by atoms with Crippen molar-refractivity contribution in [1.29, 1.82) is 0 Å². The standard InChI is InChI=1S/C20H22N2O2/c1-16(15-20(23)17-5-3-2-4-6-17)21-18-7-9-19(10-8-18)22-11-13-24-14-12-22/h2-10,15,21H,11-14H2,1H3/b16-15+. The van der Waals surface area contributed by atoms with E-state index in [2.05, 4.69) is 22.3 Å². The number of hydrogen-bond donors (Lipinski definition) is 1. The van der Waals surface area contributed by atoms with Gasteiger partial charge >= 0.3 is 0 Å². The molecule has 4 nitrogen and oxygen atoms in total. The van der Waals surface area contributed by atoms with E-state index in [9.17, 15) is 4.79 Å². The number of ketones is 1. The number of allylic oxidation sites excluding steroid dienone is 2. The molecule has 0 atom stereocenters. The lowest BCUT2D eigenvalue weighted by Crippen LogP contribution is -2.36. The highest BCUT2D eigenvalue weighted by molar-refractivity contribution is 6.05. The van der Waals surface area contributed by atoms with E-state index in [1.807, 2.05) is 49.4 Å². The van der Waals surface area contributed by atoms with Crippen LogP contribution in [0.25, 0.3) is 0 Å². The monoisotopic (exact) mass is 322 g/mol. The van der Waals surface area contributed by atoms with E-state index >= 15 is 0 Å². The van der Waals surface area contributed by atoms with Gasteiger partial charge in [0.2, 0.25) is 0 Å². The van der Waals surface area contributed by atoms with E-state index in [1.165, 1.54) is 5.69 Å². The molecule has 1 fully saturated rings. The number of nitrogens with one attached hydrogen (secondary N) is 1. The topological polar surface area (TPSA) is 41.6 Å². The van der Waals surface area contributed by atoms with Crippen LogP contribution in [0.4, 0.5) is 11.4 Å². The van der Waals surface area contributed by atoms with E-state index in [1.54, 1.807) is 6.08 Å². The Kier molecular flexibility index (Phi) is 5.29. The molecule has 3 rings (SSSR count). The summed E-state index contributed by atoms with van der Waals surface area (Å²) in [5.74, 6) is 0.00513. The van der Waals surface area contributed by atoms with Crippen LogP contribution in [0.15, 0.2) is 66.4 Å². The highest BCUT2D eigenvalue weighted by atomic mass is 16.5. The second-order valence-electron chi connectivity index (χ2n) is 5.83. The maximum Gasteiger partial charge on any atom is 0.187 e. The normalized spacial score (nSPS) is 15.2. The zero-order valence-electron chi connectivity index (χ0n) is 13.9. The van der Waals surface area contributed by atoms with Crippen molar-refractivity contribution in [2.75, 3.05) is 36.5 Å². The number of rotatable bonds is 5. The Balaban J connectivity index is 1.62. The predicted molar refractivity (Wildman–Crippen MR) is 97.6 cm³/mol. The van der Waals surface area contributed by atoms with Gasteiger partial charge in [0.25, 0.3) is 0 Å². The molecule has 0 bridgehead atoms. The maximum atomic E-state index is 12.2. The molecule has 0 radical (unpaired) electrons. The summed E-state index contributed by atoms with van der Waals surface area (Å²) in [5, 5.41) is 3.27. The molecule has 1 N–H and O–H groups in total. The summed E-state index contributed by atoms with van der Waals surface area (Å²) in [4.78, 5) is 14.5. The van der Waals surface area contributed by atoms with E-state index in [0.717, 1.165) is 37.7 Å². The molecule has 24 heavy (non-hydrogen) atoms. The Morgan fingerprint density at radius 1 is 1.04 bits per heavy atom. The van der Waals surface area contributed by atoms with Crippen molar-refractivity contribution in [3.8, 4) is 0 Å². The molecule has 1 aliphatic rings. The van der Waals surface area contributed by atoms with Gasteiger partial charge in [-0.05, 0) is 31.2 Å². The van der Waals surface area contributed by atoms with Crippen LogP contribution in [0.1, 0.15) is 17.3 Å². The Labute approximate surface area is 142 Å². The van der Waals surface area contributed by atoms with Gasteiger partial charge in [-0.15, -0.1) is 0 Å². The van der Waals surface area contributed by atoms with Gasteiger partial charge in [0.15, 0.2) is 5.78 Å². The van der Waals surface area contributed by atoms with Crippen LogP contribution >= 0.6 is 0 Å². The summed E-state index contributed by atoms with van der Waals surface area (Å²) < 4.78 is 5.38. The van der Waals surface area contributed by atoms with Gasteiger partial charge < -0.3 is 15.0 Å². The summed E-state index contributed by atoms with van der Waals surface area (Å²) in [7, 11) is 0. The molecular formula is C20H22N2O2. The first-order chi connectivity index (χ1) is 11.7. The third-order valence-corrected chi connectivity index (χ3v) is 3.99. The first-order valence-electron chi connectivity index (χ1n) is 8.20. The van der Waals surface area contributed by atoms with Crippen molar-refractivity contribution in [3.63, 3.8) is 0 Å². The average Bonchev–Trinajstić information content (AvgIpc) is 2.64. The smallest absolute Gasteiger partial charge is 0.187 e. The van der Waals surface area contributed by atoms with Crippen LogP contribution in [0, 0.1) is 0 Å². The van der Waals surface area contributed by atoms with Gasteiger partial charge in [0, 0.05) is 41.8 Å². The van der Waals surface area contributed by atoms with Crippen LogP contribution in [-0.2, 0) is 4.74 Å². The van der Waals surface area contributed by atoms with Gasteiger partial charge in [0.05, 0.1) is 13.2 Å². The Hall–Kier alpha value is -2.59. The second kappa shape index (κ2) is 7.79.